The first-order chi connectivity index (χ1) is 8.65. The van der Waals surface area contributed by atoms with Gasteiger partial charge < -0.3 is 10.6 Å². The van der Waals surface area contributed by atoms with Crippen molar-refractivity contribution in [3.63, 3.8) is 0 Å². The summed E-state index contributed by atoms with van der Waals surface area (Å²) in [5.41, 5.74) is 10.2. The van der Waals surface area contributed by atoms with Gasteiger partial charge in [-0.1, -0.05) is 32.0 Å². The smallest absolute Gasteiger partial charge is 0.0503 e. The lowest BCUT2D eigenvalue weighted by molar-refractivity contribution is 0.647. The number of benzene rings is 1. The van der Waals surface area contributed by atoms with Gasteiger partial charge in [0.1, 0.15) is 0 Å². The van der Waals surface area contributed by atoms with Crippen LogP contribution in [0.5, 0.6) is 0 Å². The summed E-state index contributed by atoms with van der Waals surface area (Å²) < 4.78 is 0. The molecule has 1 fully saturated rings. The van der Waals surface area contributed by atoms with Gasteiger partial charge in [0.05, 0.1) is 6.04 Å². The first-order valence-electron chi connectivity index (χ1n) is 6.79. The second-order valence-corrected chi connectivity index (χ2v) is 6.48. The SMILES string of the molecule is Cc1cccc(C(C)C)c1N1CCSCC1CN. The lowest BCUT2D eigenvalue weighted by atomic mass is 9.96. The van der Waals surface area contributed by atoms with E-state index in [0.29, 0.717) is 12.0 Å². The Bertz CT molecular complexity index is 403. The summed E-state index contributed by atoms with van der Waals surface area (Å²) in [4.78, 5) is 2.54. The zero-order valence-electron chi connectivity index (χ0n) is 11.6. The van der Waals surface area contributed by atoms with Crippen molar-refractivity contribution in [2.24, 2.45) is 5.73 Å². The number of hydrogen-bond acceptors (Lipinski definition) is 3. The molecule has 2 N–H and O–H groups in total. The van der Waals surface area contributed by atoms with E-state index in [2.05, 4.69) is 43.9 Å². The van der Waals surface area contributed by atoms with Gasteiger partial charge in [-0.15, -0.1) is 0 Å². The molecule has 2 rings (SSSR count). The van der Waals surface area contributed by atoms with E-state index in [1.807, 2.05) is 11.8 Å². The summed E-state index contributed by atoms with van der Waals surface area (Å²) >= 11 is 2.02. The third kappa shape index (κ3) is 2.67. The van der Waals surface area contributed by atoms with E-state index in [1.54, 1.807) is 0 Å². The fourth-order valence-corrected chi connectivity index (χ4v) is 3.76. The van der Waals surface area contributed by atoms with E-state index in [1.165, 1.54) is 22.6 Å². The van der Waals surface area contributed by atoms with Gasteiger partial charge >= 0.3 is 0 Å². The third-order valence-electron chi connectivity index (χ3n) is 3.68. The minimum absolute atomic E-state index is 0.488. The van der Waals surface area contributed by atoms with Crippen molar-refractivity contribution in [1.29, 1.82) is 0 Å². The molecule has 1 aliphatic heterocycles. The molecule has 0 bridgehead atoms. The number of nitrogens with two attached hydrogens (primary N) is 1. The van der Waals surface area contributed by atoms with Gasteiger partial charge in [0.15, 0.2) is 0 Å². The van der Waals surface area contributed by atoms with Crippen LogP contribution in [-0.4, -0.2) is 30.6 Å². The summed E-state index contributed by atoms with van der Waals surface area (Å²) in [7, 11) is 0. The van der Waals surface area contributed by atoms with Crippen LogP contribution in [0.1, 0.15) is 30.9 Å². The molecule has 3 heteroatoms. The number of anilines is 1. The minimum atomic E-state index is 0.488. The van der Waals surface area contributed by atoms with Gasteiger partial charge in [-0.3, -0.25) is 0 Å². The zero-order chi connectivity index (χ0) is 13.1. The van der Waals surface area contributed by atoms with E-state index in [4.69, 9.17) is 5.73 Å². The summed E-state index contributed by atoms with van der Waals surface area (Å²) in [6.07, 6.45) is 0. The summed E-state index contributed by atoms with van der Waals surface area (Å²) in [6.45, 7) is 8.63. The number of hydrogen-bond donors (Lipinski definition) is 1. The Labute approximate surface area is 115 Å². The van der Waals surface area contributed by atoms with E-state index in [9.17, 15) is 0 Å². The highest BCUT2D eigenvalue weighted by molar-refractivity contribution is 7.99. The molecule has 100 valence electrons. The molecule has 0 radical (unpaired) electrons. The maximum Gasteiger partial charge on any atom is 0.0503 e. The summed E-state index contributed by atoms with van der Waals surface area (Å²) in [5, 5.41) is 0. The van der Waals surface area contributed by atoms with Gasteiger partial charge in [-0.25, -0.2) is 0 Å². The van der Waals surface area contributed by atoms with Crippen molar-refractivity contribution in [2.45, 2.75) is 32.7 Å². The summed E-state index contributed by atoms with van der Waals surface area (Å²) in [5.74, 6) is 2.93. The molecule has 0 amide bonds. The Hall–Kier alpha value is -0.670. The molecule has 1 aromatic carbocycles. The number of aryl methyl sites for hydroxylation is 1. The first-order valence-corrected chi connectivity index (χ1v) is 7.94. The van der Waals surface area contributed by atoms with Crippen molar-refractivity contribution in [3.05, 3.63) is 29.3 Å². The predicted octanol–water partition coefficient (Wildman–Crippen LogP) is 3.00. The molecule has 2 nitrogen and oxygen atoms in total. The topological polar surface area (TPSA) is 29.3 Å². The van der Waals surface area contributed by atoms with Crippen LogP contribution in [-0.2, 0) is 0 Å². The molecule has 1 aromatic rings. The average Bonchev–Trinajstić information content (AvgIpc) is 2.38. The number of nitrogens with zero attached hydrogens (tertiary/aromatic N) is 1. The zero-order valence-corrected chi connectivity index (χ0v) is 12.5. The molecular weight excluding hydrogens is 240 g/mol. The van der Waals surface area contributed by atoms with E-state index in [0.717, 1.165) is 18.8 Å². The monoisotopic (exact) mass is 264 g/mol. The second kappa shape index (κ2) is 5.98. The van der Waals surface area contributed by atoms with Crippen molar-refractivity contribution in [2.75, 3.05) is 29.5 Å². The lowest BCUT2D eigenvalue weighted by Gasteiger charge is -2.39. The normalized spacial score (nSPS) is 20.5. The Morgan fingerprint density at radius 3 is 2.89 bits per heavy atom. The van der Waals surface area contributed by atoms with Crippen LogP contribution in [0.4, 0.5) is 5.69 Å². The fourth-order valence-electron chi connectivity index (χ4n) is 2.68. The van der Waals surface area contributed by atoms with E-state index in [-0.39, 0.29) is 0 Å². The van der Waals surface area contributed by atoms with Crippen molar-refractivity contribution in [3.8, 4) is 0 Å². The molecule has 1 unspecified atom stereocenters. The minimum Gasteiger partial charge on any atom is -0.365 e. The Morgan fingerprint density at radius 1 is 1.44 bits per heavy atom. The number of para-hydroxylation sites is 1. The molecule has 18 heavy (non-hydrogen) atoms. The van der Waals surface area contributed by atoms with Gasteiger partial charge in [0, 0.05) is 30.3 Å². The van der Waals surface area contributed by atoms with Gasteiger partial charge in [0.25, 0.3) is 0 Å². The first kappa shape index (κ1) is 13.8. The molecule has 0 aromatic heterocycles. The van der Waals surface area contributed by atoms with Crippen LogP contribution in [0.25, 0.3) is 0 Å². The maximum atomic E-state index is 5.95. The van der Waals surface area contributed by atoms with Crippen molar-refractivity contribution < 1.29 is 0 Å². The molecule has 0 aliphatic carbocycles. The van der Waals surface area contributed by atoms with E-state index >= 15 is 0 Å². The van der Waals surface area contributed by atoms with Crippen LogP contribution in [0.2, 0.25) is 0 Å². The molecule has 1 aliphatic rings. The molecule has 1 atom stereocenters. The Kier molecular flexibility index (Phi) is 4.57. The van der Waals surface area contributed by atoms with Crippen LogP contribution in [0.3, 0.4) is 0 Å². The standard InChI is InChI=1S/C15H24N2S/c1-11(2)14-6-4-5-12(3)15(14)17-7-8-18-10-13(17)9-16/h4-6,11,13H,7-10,16H2,1-3H3. The van der Waals surface area contributed by atoms with Gasteiger partial charge in [-0.2, -0.15) is 11.8 Å². The molecule has 0 saturated carbocycles. The molecule has 0 spiro atoms. The highest BCUT2D eigenvalue weighted by Crippen LogP contribution is 2.34. The number of thioether (sulfide) groups is 1. The largest absolute Gasteiger partial charge is 0.365 e. The summed E-state index contributed by atoms with van der Waals surface area (Å²) in [6, 6.07) is 7.14. The highest BCUT2D eigenvalue weighted by atomic mass is 32.2. The number of rotatable bonds is 3. The van der Waals surface area contributed by atoms with E-state index < -0.39 is 0 Å². The highest BCUT2D eigenvalue weighted by Gasteiger charge is 2.25. The predicted molar refractivity (Wildman–Crippen MR) is 82.8 cm³/mol. The average molecular weight is 264 g/mol. The van der Waals surface area contributed by atoms with Crippen LogP contribution in [0.15, 0.2) is 18.2 Å². The van der Waals surface area contributed by atoms with Gasteiger partial charge in [-0.05, 0) is 24.0 Å². The van der Waals surface area contributed by atoms with Crippen LogP contribution < -0.4 is 10.6 Å². The van der Waals surface area contributed by atoms with Crippen molar-refractivity contribution in [1.82, 2.24) is 0 Å². The second-order valence-electron chi connectivity index (χ2n) is 5.33. The van der Waals surface area contributed by atoms with Crippen LogP contribution >= 0.6 is 11.8 Å². The third-order valence-corrected chi connectivity index (χ3v) is 4.77. The molecule has 1 heterocycles. The fraction of sp³-hybridized carbons (Fsp3) is 0.600. The lowest BCUT2D eigenvalue weighted by Crippen LogP contribution is -2.47. The molecule has 1 saturated heterocycles. The van der Waals surface area contributed by atoms with Crippen molar-refractivity contribution >= 4 is 17.4 Å². The van der Waals surface area contributed by atoms with Crippen LogP contribution in [0, 0.1) is 6.92 Å². The quantitative estimate of drug-likeness (QED) is 0.910. The Morgan fingerprint density at radius 2 is 2.22 bits per heavy atom. The Balaban J connectivity index is 2.41. The maximum absolute atomic E-state index is 5.95. The molecular formula is C15H24N2S. The van der Waals surface area contributed by atoms with Gasteiger partial charge in [0.2, 0.25) is 0 Å².